The average Bonchev–Trinajstić information content (AvgIpc) is 2.85. The van der Waals surface area contributed by atoms with Gasteiger partial charge in [0, 0.05) is 28.8 Å². The minimum absolute atomic E-state index is 0.0498. The molecule has 1 saturated heterocycles. The number of amides is 4. The topological polar surface area (TPSA) is 128 Å². The first-order valence-corrected chi connectivity index (χ1v) is 10.9. The van der Waals surface area contributed by atoms with Gasteiger partial charge in [0.1, 0.15) is 23.7 Å². The van der Waals surface area contributed by atoms with Gasteiger partial charge >= 0.3 is 6.03 Å². The Bertz CT molecular complexity index is 1400. The van der Waals surface area contributed by atoms with E-state index in [-0.39, 0.29) is 29.3 Å². The second kappa shape index (κ2) is 10.3. The average molecular weight is 508 g/mol. The van der Waals surface area contributed by atoms with Crippen molar-refractivity contribution < 1.29 is 28.8 Å². The number of anilines is 1. The Kier molecular flexibility index (Phi) is 6.98. The number of nitrogens with one attached hydrogen (secondary N) is 1. The monoisotopic (exact) mass is 507 g/mol. The van der Waals surface area contributed by atoms with E-state index in [1.165, 1.54) is 37.5 Å². The molecule has 4 amide bonds. The first-order valence-electron chi connectivity index (χ1n) is 10.5. The van der Waals surface area contributed by atoms with Crippen molar-refractivity contribution >= 4 is 46.9 Å². The molecule has 3 aromatic carbocycles. The Morgan fingerprint density at radius 2 is 1.81 bits per heavy atom. The summed E-state index contributed by atoms with van der Waals surface area (Å²) < 4.78 is 11.1. The first-order chi connectivity index (χ1) is 17.3. The minimum Gasteiger partial charge on any atom is -0.497 e. The fourth-order valence-corrected chi connectivity index (χ4v) is 3.61. The molecule has 0 aromatic heterocycles. The van der Waals surface area contributed by atoms with Crippen LogP contribution in [0.25, 0.3) is 6.08 Å². The highest BCUT2D eigenvalue weighted by Gasteiger charge is 2.37. The molecule has 1 heterocycles. The molecule has 0 atom stereocenters. The SMILES string of the molecule is COc1ccc(/C=C2\C(=O)NC(=O)N(c3cccc(Cl)c3)C2=O)c(OCc2ccc([N+](=O)[O-])cc2)c1. The van der Waals surface area contributed by atoms with E-state index in [0.29, 0.717) is 21.9 Å². The number of nitro benzene ring substituents is 1. The van der Waals surface area contributed by atoms with E-state index < -0.39 is 22.8 Å². The zero-order valence-electron chi connectivity index (χ0n) is 18.8. The van der Waals surface area contributed by atoms with Crippen LogP contribution < -0.4 is 19.7 Å². The quantitative estimate of drug-likeness (QED) is 0.216. The molecule has 0 spiro atoms. The maximum Gasteiger partial charge on any atom is 0.335 e. The molecule has 11 heteroatoms. The van der Waals surface area contributed by atoms with E-state index in [0.717, 1.165) is 4.90 Å². The number of hydrogen-bond donors (Lipinski definition) is 1. The van der Waals surface area contributed by atoms with Gasteiger partial charge in [-0.25, -0.2) is 9.69 Å². The second-order valence-electron chi connectivity index (χ2n) is 7.55. The van der Waals surface area contributed by atoms with Crippen LogP contribution in [0.1, 0.15) is 11.1 Å². The number of carbonyl (C=O) groups is 3. The molecule has 1 aliphatic heterocycles. The molecule has 1 N–H and O–H groups in total. The van der Waals surface area contributed by atoms with Crippen molar-refractivity contribution in [2.75, 3.05) is 12.0 Å². The maximum atomic E-state index is 13.2. The Balaban J connectivity index is 1.66. The molecule has 0 saturated carbocycles. The number of imide groups is 2. The van der Waals surface area contributed by atoms with Gasteiger partial charge in [-0.1, -0.05) is 17.7 Å². The number of methoxy groups -OCH3 is 1. The lowest BCUT2D eigenvalue weighted by Gasteiger charge is -2.26. The molecule has 182 valence electrons. The summed E-state index contributed by atoms with van der Waals surface area (Å²) in [5.41, 5.74) is 0.890. The van der Waals surface area contributed by atoms with Crippen LogP contribution in [0.5, 0.6) is 11.5 Å². The maximum absolute atomic E-state index is 13.2. The lowest BCUT2D eigenvalue weighted by atomic mass is 10.1. The van der Waals surface area contributed by atoms with Crippen LogP contribution in [0, 0.1) is 10.1 Å². The lowest BCUT2D eigenvalue weighted by Crippen LogP contribution is -2.54. The smallest absolute Gasteiger partial charge is 0.335 e. The summed E-state index contributed by atoms with van der Waals surface area (Å²) in [6.07, 6.45) is 1.31. The highest BCUT2D eigenvalue weighted by Crippen LogP contribution is 2.30. The van der Waals surface area contributed by atoms with E-state index in [1.807, 2.05) is 0 Å². The van der Waals surface area contributed by atoms with Crippen molar-refractivity contribution in [3.8, 4) is 11.5 Å². The summed E-state index contributed by atoms with van der Waals surface area (Å²) in [5.74, 6) is -0.943. The Hall–Kier alpha value is -4.70. The van der Waals surface area contributed by atoms with E-state index in [1.54, 1.807) is 42.5 Å². The number of halogens is 1. The number of carbonyl (C=O) groups excluding carboxylic acids is 3. The van der Waals surface area contributed by atoms with Crippen LogP contribution in [0.3, 0.4) is 0 Å². The van der Waals surface area contributed by atoms with Crippen molar-refractivity contribution in [3.05, 3.63) is 98.6 Å². The fraction of sp³-hybridized carbons (Fsp3) is 0.0800. The number of barbiturate groups is 1. The van der Waals surface area contributed by atoms with Crippen LogP contribution in [0.2, 0.25) is 5.02 Å². The number of benzene rings is 3. The van der Waals surface area contributed by atoms with Crippen LogP contribution in [-0.2, 0) is 16.2 Å². The van der Waals surface area contributed by atoms with Crippen molar-refractivity contribution in [1.82, 2.24) is 5.32 Å². The highest BCUT2D eigenvalue weighted by atomic mass is 35.5. The zero-order valence-corrected chi connectivity index (χ0v) is 19.5. The van der Waals surface area contributed by atoms with Crippen molar-refractivity contribution in [3.63, 3.8) is 0 Å². The van der Waals surface area contributed by atoms with Crippen molar-refractivity contribution in [2.24, 2.45) is 0 Å². The van der Waals surface area contributed by atoms with Gasteiger partial charge in [-0.3, -0.25) is 25.0 Å². The molecule has 36 heavy (non-hydrogen) atoms. The van der Waals surface area contributed by atoms with Crippen LogP contribution in [0.4, 0.5) is 16.2 Å². The molecule has 0 radical (unpaired) electrons. The van der Waals surface area contributed by atoms with Gasteiger partial charge in [-0.05, 0) is 54.1 Å². The van der Waals surface area contributed by atoms with Crippen LogP contribution in [-0.4, -0.2) is 29.9 Å². The Labute approximate surface area is 209 Å². The van der Waals surface area contributed by atoms with E-state index in [9.17, 15) is 24.5 Å². The molecule has 1 fully saturated rings. The first kappa shape index (κ1) is 24.4. The predicted molar refractivity (Wildman–Crippen MR) is 131 cm³/mol. The number of ether oxygens (including phenoxy) is 2. The number of nitro groups is 1. The van der Waals surface area contributed by atoms with Gasteiger partial charge in [0.2, 0.25) is 0 Å². The van der Waals surface area contributed by atoms with Crippen molar-refractivity contribution in [1.29, 1.82) is 0 Å². The van der Waals surface area contributed by atoms with E-state index in [4.69, 9.17) is 21.1 Å². The summed E-state index contributed by atoms with van der Waals surface area (Å²) in [6.45, 7) is 0.0502. The summed E-state index contributed by atoms with van der Waals surface area (Å²) in [5, 5.41) is 13.3. The summed E-state index contributed by atoms with van der Waals surface area (Å²) in [7, 11) is 1.47. The molecule has 10 nitrogen and oxygen atoms in total. The molecule has 0 unspecified atom stereocenters. The Morgan fingerprint density at radius 3 is 2.47 bits per heavy atom. The predicted octanol–water partition coefficient (Wildman–Crippen LogP) is 4.50. The third kappa shape index (κ3) is 5.18. The van der Waals surface area contributed by atoms with Gasteiger partial charge in [-0.2, -0.15) is 0 Å². The van der Waals surface area contributed by atoms with Gasteiger partial charge in [0.25, 0.3) is 17.5 Å². The number of nitrogens with zero attached hydrogens (tertiary/aromatic N) is 2. The number of urea groups is 1. The molecular formula is C25H18ClN3O7. The lowest BCUT2D eigenvalue weighted by molar-refractivity contribution is -0.384. The largest absolute Gasteiger partial charge is 0.497 e. The molecule has 3 aromatic rings. The van der Waals surface area contributed by atoms with Gasteiger partial charge < -0.3 is 9.47 Å². The highest BCUT2D eigenvalue weighted by molar-refractivity contribution is 6.39. The third-order valence-corrected chi connectivity index (χ3v) is 5.47. The van der Waals surface area contributed by atoms with Crippen LogP contribution in [0.15, 0.2) is 72.3 Å². The number of non-ortho nitro benzene ring substituents is 1. The Morgan fingerprint density at radius 1 is 1.06 bits per heavy atom. The molecule has 4 rings (SSSR count). The van der Waals surface area contributed by atoms with Gasteiger partial charge in [0.15, 0.2) is 0 Å². The number of rotatable bonds is 7. The van der Waals surface area contributed by atoms with E-state index >= 15 is 0 Å². The number of hydrogen-bond acceptors (Lipinski definition) is 7. The van der Waals surface area contributed by atoms with Gasteiger partial charge in [-0.15, -0.1) is 0 Å². The standard InChI is InChI=1S/C25H18ClN3O7/c1-35-20-10-7-16(22(13-20)36-14-15-5-8-18(9-6-15)29(33)34)11-21-23(30)27-25(32)28(24(21)31)19-4-2-3-17(26)12-19/h2-13H,14H2,1H3,(H,27,30,32)/b21-11+. The summed E-state index contributed by atoms with van der Waals surface area (Å²) >= 11 is 6.00. The van der Waals surface area contributed by atoms with Gasteiger partial charge in [0.05, 0.1) is 17.7 Å². The zero-order chi connectivity index (χ0) is 25.8. The van der Waals surface area contributed by atoms with Crippen molar-refractivity contribution in [2.45, 2.75) is 6.61 Å². The molecule has 0 bridgehead atoms. The van der Waals surface area contributed by atoms with Crippen LogP contribution >= 0.6 is 11.6 Å². The normalized spacial score (nSPS) is 14.6. The molecule has 0 aliphatic carbocycles. The molecular weight excluding hydrogens is 490 g/mol. The fourth-order valence-electron chi connectivity index (χ4n) is 3.42. The minimum atomic E-state index is -0.895. The summed E-state index contributed by atoms with van der Waals surface area (Å²) in [6, 6.07) is 15.8. The third-order valence-electron chi connectivity index (χ3n) is 5.23. The second-order valence-corrected chi connectivity index (χ2v) is 7.99. The summed E-state index contributed by atoms with van der Waals surface area (Å²) in [4.78, 5) is 49.3. The molecule has 1 aliphatic rings. The van der Waals surface area contributed by atoms with E-state index in [2.05, 4.69) is 5.32 Å².